The van der Waals surface area contributed by atoms with Crippen LogP contribution in [0.5, 0.6) is 5.75 Å². The van der Waals surface area contributed by atoms with Gasteiger partial charge >= 0.3 is 5.97 Å². The number of aryl methyl sites for hydroxylation is 2. The number of carbonyl (C=O) groups excluding carboxylic acids is 2. The molecule has 27 heavy (non-hydrogen) atoms. The minimum absolute atomic E-state index is 0.398. The van der Waals surface area contributed by atoms with Gasteiger partial charge in [-0.1, -0.05) is 11.6 Å². The van der Waals surface area contributed by atoms with Crippen LogP contribution in [0.2, 0.25) is 5.02 Å². The van der Waals surface area contributed by atoms with Gasteiger partial charge < -0.3 is 14.8 Å². The molecular weight excluding hydrogens is 370 g/mol. The quantitative estimate of drug-likeness (QED) is 0.603. The van der Waals surface area contributed by atoms with Crippen LogP contribution in [0.4, 0.5) is 5.69 Å². The molecule has 0 unspecified atom stereocenters. The van der Waals surface area contributed by atoms with Gasteiger partial charge in [0.05, 0.1) is 18.5 Å². The smallest absolute Gasteiger partial charge is 0.331 e. The zero-order valence-corrected chi connectivity index (χ0v) is 16.6. The molecule has 7 nitrogen and oxygen atoms in total. The predicted molar refractivity (Wildman–Crippen MR) is 104 cm³/mol. The largest absolute Gasteiger partial charge is 0.495 e. The molecular formula is C19H22ClN3O4. The van der Waals surface area contributed by atoms with Gasteiger partial charge in [-0.3, -0.25) is 9.48 Å². The Balaban J connectivity index is 2.00. The monoisotopic (exact) mass is 391 g/mol. The van der Waals surface area contributed by atoms with Crippen molar-refractivity contribution in [3.63, 3.8) is 0 Å². The lowest BCUT2D eigenvalue weighted by Crippen LogP contribution is -2.29. The van der Waals surface area contributed by atoms with Crippen molar-refractivity contribution in [2.45, 2.75) is 26.9 Å². The first-order valence-corrected chi connectivity index (χ1v) is 8.64. The number of nitrogens with one attached hydrogen (secondary N) is 1. The van der Waals surface area contributed by atoms with Crippen molar-refractivity contribution in [1.29, 1.82) is 0 Å². The highest BCUT2D eigenvalue weighted by Gasteiger charge is 2.18. The highest BCUT2D eigenvalue weighted by molar-refractivity contribution is 6.31. The van der Waals surface area contributed by atoms with Crippen LogP contribution in [0.25, 0.3) is 6.08 Å². The maximum Gasteiger partial charge on any atom is 0.331 e. The number of benzene rings is 1. The summed E-state index contributed by atoms with van der Waals surface area (Å²) in [5.41, 5.74) is 2.97. The molecule has 0 fully saturated rings. The van der Waals surface area contributed by atoms with Crippen LogP contribution in [-0.4, -0.2) is 34.9 Å². The second-order valence-electron chi connectivity index (χ2n) is 5.95. The van der Waals surface area contributed by atoms with Crippen LogP contribution in [-0.2, 0) is 21.4 Å². The number of methoxy groups -OCH3 is 1. The Morgan fingerprint density at radius 3 is 2.63 bits per heavy atom. The van der Waals surface area contributed by atoms with Gasteiger partial charge in [-0.2, -0.15) is 5.10 Å². The number of esters is 1. The lowest BCUT2D eigenvalue weighted by molar-refractivity contribution is -0.148. The van der Waals surface area contributed by atoms with E-state index in [0.717, 1.165) is 17.0 Å². The molecule has 144 valence electrons. The highest BCUT2D eigenvalue weighted by Crippen LogP contribution is 2.27. The molecule has 0 saturated heterocycles. The van der Waals surface area contributed by atoms with Gasteiger partial charge in [0.2, 0.25) is 0 Å². The summed E-state index contributed by atoms with van der Waals surface area (Å²) in [7, 11) is 3.31. The summed E-state index contributed by atoms with van der Waals surface area (Å²) in [5, 5.41) is 7.36. The van der Waals surface area contributed by atoms with Crippen LogP contribution < -0.4 is 10.1 Å². The molecule has 1 atom stereocenters. The standard InChI is InChI=1S/C19H22ClN3O4/c1-11-15(12(2)23(4)22-11)7-9-18(24)27-13(3)19(25)21-16-10-14(20)6-8-17(16)26-5/h6-10,13H,1-5H3,(H,21,25)/b9-7+/t13-/m1/s1. The highest BCUT2D eigenvalue weighted by atomic mass is 35.5. The fourth-order valence-corrected chi connectivity index (χ4v) is 2.63. The average molecular weight is 392 g/mol. The first kappa shape index (κ1) is 20.5. The Hall–Kier alpha value is -2.80. The topological polar surface area (TPSA) is 82.4 Å². The second-order valence-corrected chi connectivity index (χ2v) is 6.39. The molecule has 0 aliphatic rings. The van der Waals surface area contributed by atoms with Crippen molar-refractivity contribution < 1.29 is 19.1 Å². The maximum atomic E-state index is 12.3. The summed E-state index contributed by atoms with van der Waals surface area (Å²) in [6.45, 7) is 5.24. The molecule has 1 heterocycles. The van der Waals surface area contributed by atoms with Crippen molar-refractivity contribution in [3.05, 3.63) is 46.2 Å². The number of ether oxygens (including phenoxy) is 2. The van der Waals surface area contributed by atoms with E-state index in [1.165, 1.54) is 20.1 Å². The number of aromatic nitrogens is 2. The van der Waals surface area contributed by atoms with Gasteiger partial charge in [0, 0.05) is 29.4 Å². The third-order valence-electron chi connectivity index (χ3n) is 4.03. The summed E-state index contributed by atoms with van der Waals surface area (Å²) in [6, 6.07) is 4.84. The van der Waals surface area contributed by atoms with Crippen LogP contribution in [0.15, 0.2) is 24.3 Å². The molecule has 1 aromatic heterocycles. The molecule has 0 spiro atoms. The first-order valence-electron chi connectivity index (χ1n) is 8.26. The zero-order chi connectivity index (χ0) is 20.1. The number of hydrogen-bond acceptors (Lipinski definition) is 5. The molecule has 1 amide bonds. The number of halogens is 1. The van der Waals surface area contributed by atoms with Crippen molar-refractivity contribution in [2.75, 3.05) is 12.4 Å². The minimum Gasteiger partial charge on any atom is -0.495 e. The number of amides is 1. The number of nitrogens with zero attached hydrogens (tertiary/aromatic N) is 2. The summed E-state index contributed by atoms with van der Waals surface area (Å²) in [5.74, 6) is -0.668. The number of carbonyl (C=O) groups is 2. The van der Waals surface area contributed by atoms with Gasteiger partial charge in [0.1, 0.15) is 5.75 Å². The van der Waals surface area contributed by atoms with Crippen molar-refractivity contribution in [1.82, 2.24) is 9.78 Å². The molecule has 0 aliphatic carbocycles. The van der Waals surface area contributed by atoms with E-state index in [1.54, 1.807) is 29.0 Å². The summed E-state index contributed by atoms with van der Waals surface area (Å²) in [6.07, 6.45) is 1.91. The van der Waals surface area contributed by atoms with E-state index in [4.69, 9.17) is 21.1 Å². The Morgan fingerprint density at radius 1 is 1.33 bits per heavy atom. The Labute approximate surface area is 162 Å². The van der Waals surface area contributed by atoms with E-state index < -0.39 is 18.0 Å². The first-order chi connectivity index (χ1) is 12.7. The van der Waals surface area contributed by atoms with E-state index >= 15 is 0 Å². The second kappa shape index (κ2) is 8.73. The predicted octanol–water partition coefficient (Wildman–Crippen LogP) is 3.28. The molecule has 1 aromatic carbocycles. The summed E-state index contributed by atoms with van der Waals surface area (Å²) < 4.78 is 12.1. The Kier molecular flexibility index (Phi) is 6.63. The van der Waals surface area contributed by atoms with Gasteiger partial charge in [-0.25, -0.2) is 4.79 Å². The van der Waals surface area contributed by atoms with Gasteiger partial charge in [-0.05, 0) is 45.0 Å². The average Bonchev–Trinajstić information content (AvgIpc) is 2.85. The molecule has 0 aliphatic heterocycles. The molecule has 2 aromatic rings. The SMILES string of the molecule is COc1ccc(Cl)cc1NC(=O)[C@@H](C)OC(=O)/C=C/c1c(C)nn(C)c1C. The summed E-state index contributed by atoms with van der Waals surface area (Å²) in [4.78, 5) is 24.3. The lowest BCUT2D eigenvalue weighted by atomic mass is 10.2. The van der Waals surface area contributed by atoms with Crippen LogP contribution in [0, 0.1) is 13.8 Å². The van der Waals surface area contributed by atoms with E-state index in [1.807, 2.05) is 20.9 Å². The van der Waals surface area contributed by atoms with Crippen LogP contribution in [0.1, 0.15) is 23.9 Å². The molecule has 0 saturated carbocycles. The fourth-order valence-electron chi connectivity index (χ4n) is 2.46. The van der Waals surface area contributed by atoms with E-state index in [0.29, 0.717) is 16.5 Å². The maximum absolute atomic E-state index is 12.3. The Morgan fingerprint density at radius 2 is 2.04 bits per heavy atom. The molecule has 1 N–H and O–H groups in total. The minimum atomic E-state index is -0.998. The van der Waals surface area contributed by atoms with Crippen molar-refractivity contribution in [3.8, 4) is 5.75 Å². The third-order valence-corrected chi connectivity index (χ3v) is 4.27. The zero-order valence-electron chi connectivity index (χ0n) is 15.9. The third kappa shape index (κ3) is 5.10. The number of rotatable bonds is 6. The van der Waals surface area contributed by atoms with E-state index in [2.05, 4.69) is 10.4 Å². The van der Waals surface area contributed by atoms with Gasteiger partial charge in [0.25, 0.3) is 5.91 Å². The van der Waals surface area contributed by atoms with Crippen molar-refractivity contribution >= 4 is 35.2 Å². The van der Waals surface area contributed by atoms with Crippen LogP contribution in [0.3, 0.4) is 0 Å². The number of hydrogen-bond donors (Lipinski definition) is 1. The lowest BCUT2D eigenvalue weighted by Gasteiger charge is -2.14. The molecule has 0 radical (unpaired) electrons. The Bertz CT molecular complexity index is 889. The fraction of sp³-hybridized carbons (Fsp3) is 0.316. The van der Waals surface area contributed by atoms with Crippen molar-refractivity contribution in [2.24, 2.45) is 7.05 Å². The number of anilines is 1. The van der Waals surface area contributed by atoms with Crippen LogP contribution >= 0.6 is 11.6 Å². The van der Waals surface area contributed by atoms with Gasteiger partial charge in [-0.15, -0.1) is 0 Å². The molecule has 8 heteroatoms. The van der Waals surface area contributed by atoms with E-state index in [9.17, 15) is 9.59 Å². The molecule has 0 bridgehead atoms. The summed E-state index contributed by atoms with van der Waals surface area (Å²) >= 11 is 5.94. The van der Waals surface area contributed by atoms with E-state index in [-0.39, 0.29) is 0 Å². The normalized spacial score (nSPS) is 12.1. The van der Waals surface area contributed by atoms with Gasteiger partial charge in [0.15, 0.2) is 6.10 Å². The molecule has 2 rings (SSSR count).